The number of carbonyl (C=O) groups is 1. The standard InChI is InChI=1S/C20H19FN2O/c1-13(2)17-5-3-4-6-18(17)23-20(24)19-11-15(12-22-19)14-7-9-16(21)10-8-14/h3-13,22H,1-2H3,(H,23,24). The molecule has 1 heterocycles. The van der Waals surface area contributed by atoms with Crippen LogP contribution in [0.25, 0.3) is 11.1 Å². The van der Waals surface area contributed by atoms with Gasteiger partial charge in [0, 0.05) is 11.9 Å². The highest BCUT2D eigenvalue weighted by Gasteiger charge is 2.13. The predicted octanol–water partition coefficient (Wildman–Crippen LogP) is 5.20. The van der Waals surface area contributed by atoms with E-state index in [-0.39, 0.29) is 11.7 Å². The summed E-state index contributed by atoms with van der Waals surface area (Å²) in [6, 6.07) is 15.7. The molecule has 0 saturated carbocycles. The quantitative estimate of drug-likeness (QED) is 0.681. The molecule has 0 spiro atoms. The van der Waals surface area contributed by atoms with Crippen LogP contribution >= 0.6 is 0 Å². The van der Waals surface area contributed by atoms with Gasteiger partial charge in [-0.1, -0.05) is 44.2 Å². The Kier molecular flexibility index (Phi) is 4.47. The van der Waals surface area contributed by atoms with Crippen molar-refractivity contribution in [2.24, 2.45) is 0 Å². The average Bonchev–Trinajstić information content (AvgIpc) is 3.06. The van der Waals surface area contributed by atoms with E-state index in [1.54, 1.807) is 24.4 Å². The van der Waals surface area contributed by atoms with Crippen molar-refractivity contribution in [1.82, 2.24) is 4.98 Å². The zero-order valence-electron chi connectivity index (χ0n) is 13.6. The van der Waals surface area contributed by atoms with Crippen LogP contribution in [0.4, 0.5) is 10.1 Å². The molecule has 2 aromatic carbocycles. The first-order valence-corrected chi connectivity index (χ1v) is 7.89. The van der Waals surface area contributed by atoms with Gasteiger partial charge in [0.05, 0.1) is 0 Å². The SMILES string of the molecule is CC(C)c1ccccc1NC(=O)c1cc(-c2ccc(F)cc2)c[nH]1. The number of aromatic amines is 1. The highest BCUT2D eigenvalue weighted by Crippen LogP contribution is 2.25. The van der Waals surface area contributed by atoms with Crippen molar-refractivity contribution in [1.29, 1.82) is 0 Å². The largest absolute Gasteiger partial charge is 0.357 e. The molecule has 3 nitrogen and oxygen atoms in total. The van der Waals surface area contributed by atoms with Crippen LogP contribution in [-0.4, -0.2) is 10.9 Å². The lowest BCUT2D eigenvalue weighted by atomic mass is 10.0. The number of para-hydroxylation sites is 1. The summed E-state index contributed by atoms with van der Waals surface area (Å²) in [5.41, 5.74) is 4.08. The van der Waals surface area contributed by atoms with Gasteiger partial charge in [0.2, 0.25) is 0 Å². The van der Waals surface area contributed by atoms with Crippen LogP contribution in [0.3, 0.4) is 0 Å². The number of hydrogen-bond acceptors (Lipinski definition) is 1. The molecule has 1 amide bonds. The van der Waals surface area contributed by atoms with Gasteiger partial charge in [0.25, 0.3) is 5.91 Å². The minimum atomic E-state index is -0.280. The number of carbonyl (C=O) groups excluding carboxylic acids is 1. The van der Waals surface area contributed by atoms with Crippen molar-refractivity contribution in [2.45, 2.75) is 19.8 Å². The van der Waals surface area contributed by atoms with Crippen LogP contribution in [0.2, 0.25) is 0 Å². The van der Waals surface area contributed by atoms with Gasteiger partial charge >= 0.3 is 0 Å². The molecule has 3 aromatic rings. The zero-order valence-corrected chi connectivity index (χ0v) is 13.6. The normalized spacial score (nSPS) is 10.8. The van der Waals surface area contributed by atoms with Crippen molar-refractivity contribution < 1.29 is 9.18 Å². The Balaban J connectivity index is 1.81. The molecule has 0 aliphatic rings. The first-order valence-electron chi connectivity index (χ1n) is 7.89. The maximum Gasteiger partial charge on any atom is 0.272 e. The Hall–Kier alpha value is -2.88. The van der Waals surface area contributed by atoms with Crippen molar-refractivity contribution >= 4 is 11.6 Å². The third-order valence-corrected chi connectivity index (χ3v) is 3.94. The first-order chi connectivity index (χ1) is 11.5. The van der Waals surface area contributed by atoms with Crippen molar-refractivity contribution in [2.75, 3.05) is 5.32 Å². The molecule has 2 N–H and O–H groups in total. The molecular formula is C20H19FN2O. The number of rotatable bonds is 4. The van der Waals surface area contributed by atoms with Gasteiger partial charge in [-0.05, 0) is 46.9 Å². The van der Waals surface area contributed by atoms with E-state index in [1.807, 2.05) is 24.3 Å². The Morgan fingerprint density at radius 2 is 1.75 bits per heavy atom. The van der Waals surface area contributed by atoms with E-state index in [9.17, 15) is 9.18 Å². The minimum absolute atomic E-state index is 0.198. The number of nitrogens with one attached hydrogen (secondary N) is 2. The Bertz CT molecular complexity index is 850. The molecule has 24 heavy (non-hydrogen) atoms. The summed E-state index contributed by atoms with van der Waals surface area (Å²) in [5.74, 6) is -0.158. The lowest BCUT2D eigenvalue weighted by molar-refractivity contribution is 0.102. The maximum absolute atomic E-state index is 13.0. The van der Waals surface area contributed by atoms with Gasteiger partial charge in [0.15, 0.2) is 0 Å². The molecule has 0 fully saturated rings. The van der Waals surface area contributed by atoms with Gasteiger partial charge in [-0.15, -0.1) is 0 Å². The molecular weight excluding hydrogens is 303 g/mol. The number of amides is 1. The molecule has 0 bridgehead atoms. The summed E-state index contributed by atoms with van der Waals surface area (Å²) in [6.45, 7) is 4.18. The molecule has 0 aliphatic heterocycles. The van der Waals surface area contributed by atoms with Gasteiger partial charge in [-0.25, -0.2) is 4.39 Å². The number of benzene rings is 2. The fraction of sp³-hybridized carbons (Fsp3) is 0.150. The second-order valence-electron chi connectivity index (χ2n) is 6.00. The fourth-order valence-electron chi connectivity index (χ4n) is 2.64. The number of anilines is 1. The average molecular weight is 322 g/mol. The van der Waals surface area contributed by atoms with E-state index >= 15 is 0 Å². The first kappa shape index (κ1) is 16.0. The number of hydrogen-bond donors (Lipinski definition) is 2. The highest BCUT2D eigenvalue weighted by atomic mass is 19.1. The Morgan fingerprint density at radius 1 is 1.04 bits per heavy atom. The smallest absolute Gasteiger partial charge is 0.272 e. The molecule has 3 rings (SSSR count). The van der Waals surface area contributed by atoms with E-state index in [1.165, 1.54) is 12.1 Å². The second kappa shape index (κ2) is 6.71. The monoisotopic (exact) mass is 322 g/mol. The van der Waals surface area contributed by atoms with Crippen LogP contribution in [0, 0.1) is 5.82 Å². The van der Waals surface area contributed by atoms with Crippen LogP contribution < -0.4 is 5.32 Å². The van der Waals surface area contributed by atoms with Crippen LogP contribution in [0.5, 0.6) is 0 Å². The summed E-state index contributed by atoms with van der Waals surface area (Å²) in [4.78, 5) is 15.5. The van der Waals surface area contributed by atoms with Gasteiger partial charge in [-0.3, -0.25) is 4.79 Å². The molecule has 4 heteroatoms. The number of H-pyrrole nitrogens is 1. The molecule has 122 valence electrons. The van der Waals surface area contributed by atoms with Crippen LogP contribution in [0.1, 0.15) is 35.8 Å². The van der Waals surface area contributed by atoms with E-state index in [2.05, 4.69) is 24.1 Å². The molecule has 1 aromatic heterocycles. The zero-order chi connectivity index (χ0) is 17.1. The van der Waals surface area contributed by atoms with E-state index < -0.39 is 0 Å². The van der Waals surface area contributed by atoms with E-state index in [0.717, 1.165) is 22.4 Å². The summed E-state index contributed by atoms with van der Waals surface area (Å²) >= 11 is 0. The lowest BCUT2D eigenvalue weighted by Gasteiger charge is -2.13. The van der Waals surface area contributed by atoms with Crippen molar-refractivity contribution in [3.05, 3.63) is 77.9 Å². The number of halogens is 1. The van der Waals surface area contributed by atoms with E-state index in [4.69, 9.17) is 0 Å². The highest BCUT2D eigenvalue weighted by molar-refractivity contribution is 6.04. The molecule has 0 radical (unpaired) electrons. The minimum Gasteiger partial charge on any atom is -0.357 e. The fourth-order valence-corrected chi connectivity index (χ4v) is 2.64. The Labute approximate surface area is 140 Å². The molecule has 0 aliphatic carbocycles. The van der Waals surface area contributed by atoms with Crippen LogP contribution in [0.15, 0.2) is 60.8 Å². The topological polar surface area (TPSA) is 44.9 Å². The summed E-state index contributed by atoms with van der Waals surface area (Å²) < 4.78 is 13.0. The summed E-state index contributed by atoms with van der Waals surface area (Å²) in [6.07, 6.45) is 1.75. The molecule has 0 atom stereocenters. The van der Waals surface area contributed by atoms with Gasteiger partial charge in [0.1, 0.15) is 11.5 Å². The van der Waals surface area contributed by atoms with Gasteiger partial charge < -0.3 is 10.3 Å². The van der Waals surface area contributed by atoms with Crippen LogP contribution in [-0.2, 0) is 0 Å². The molecule has 0 saturated heterocycles. The lowest BCUT2D eigenvalue weighted by Crippen LogP contribution is -2.13. The Morgan fingerprint density at radius 3 is 2.46 bits per heavy atom. The predicted molar refractivity (Wildman–Crippen MR) is 94.7 cm³/mol. The van der Waals surface area contributed by atoms with Gasteiger partial charge in [-0.2, -0.15) is 0 Å². The summed E-state index contributed by atoms with van der Waals surface area (Å²) in [7, 11) is 0. The van der Waals surface area contributed by atoms with E-state index in [0.29, 0.717) is 11.6 Å². The maximum atomic E-state index is 13.0. The van der Waals surface area contributed by atoms with Crippen molar-refractivity contribution in [3.63, 3.8) is 0 Å². The third-order valence-electron chi connectivity index (χ3n) is 3.94. The molecule has 0 unspecified atom stereocenters. The second-order valence-corrected chi connectivity index (χ2v) is 6.00. The summed E-state index contributed by atoms with van der Waals surface area (Å²) in [5, 5.41) is 2.95. The van der Waals surface area contributed by atoms with Crippen molar-refractivity contribution in [3.8, 4) is 11.1 Å². The number of aromatic nitrogens is 1. The third kappa shape index (κ3) is 3.38.